The van der Waals surface area contributed by atoms with Gasteiger partial charge in [0.05, 0.1) is 105 Å². The van der Waals surface area contributed by atoms with Crippen molar-refractivity contribution in [2.24, 2.45) is 0 Å². The highest BCUT2D eigenvalue weighted by Gasteiger charge is 2.40. The van der Waals surface area contributed by atoms with E-state index in [1.54, 1.807) is 26.0 Å². The molecule has 17 rings (SSSR count). The Morgan fingerprint density at radius 3 is 1.20 bits per heavy atom. The van der Waals surface area contributed by atoms with Crippen molar-refractivity contribution in [1.29, 1.82) is 0 Å². The van der Waals surface area contributed by atoms with Gasteiger partial charge < -0.3 is 74.1 Å². The maximum absolute atomic E-state index is 14.9. The smallest absolute Gasteiger partial charge is 0.151 e. The Hall–Kier alpha value is -9.56. The van der Waals surface area contributed by atoms with Gasteiger partial charge in [-0.2, -0.15) is 0 Å². The summed E-state index contributed by atoms with van der Waals surface area (Å²) in [5.41, 5.74) is 16.9. The fourth-order valence-corrected chi connectivity index (χ4v) is 22.1. The first-order chi connectivity index (χ1) is 71.2. The molecule has 147 heavy (non-hydrogen) atoms. The van der Waals surface area contributed by atoms with Crippen molar-refractivity contribution < 1.29 is 71.2 Å². The first kappa shape index (κ1) is 113. The molecule has 0 spiro atoms. The van der Waals surface area contributed by atoms with E-state index in [1.165, 1.54) is 59.7 Å². The Morgan fingerprint density at radius 2 is 0.810 bits per heavy atom. The quantitative estimate of drug-likeness (QED) is 0.0153. The molecule has 0 amide bonds. The molecular weight excluding hydrogens is 1860 g/mol. The molecule has 2 unspecified atom stereocenters. The molecule has 13 heterocycles. The number of aryl methyl sites for hydroxylation is 8. The lowest BCUT2D eigenvalue weighted by Crippen LogP contribution is -2.33. The number of halogens is 2. The molecule has 0 bridgehead atoms. The Bertz CT molecular complexity index is 5330. The fraction of sp³-hybridized carbons (Fsp3) is 0.583. The number of ether oxygens (including phenoxy) is 9. The summed E-state index contributed by atoms with van der Waals surface area (Å²) in [6, 6.07) is 42.6. The summed E-state index contributed by atoms with van der Waals surface area (Å²) in [7, 11) is 0. The number of anilines is 4. The lowest BCUT2D eigenvalue weighted by Gasteiger charge is -2.30. The van der Waals surface area contributed by atoms with Crippen LogP contribution in [0.3, 0.4) is 0 Å². The average molecular weight is 2020 g/mol. The molecular formula is C120H168F2N12O13. The van der Waals surface area contributed by atoms with Crippen LogP contribution in [-0.2, 0) is 117 Å². The van der Waals surface area contributed by atoms with Gasteiger partial charge in [-0.25, -0.2) is 28.7 Å². The minimum atomic E-state index is -0.499. The SMILES string of the molecule is C=C(O)[C@@H](c1ccccc1[C@@H](C)OC(C)C)N1CC[C@@H](OCCCCc2ccc3c(n2)NCCC3)C1.C=C(O)[C@H](c1ccccc1[C@@H](C)OC(C)C)N1CC[C@@H](OCCCCc2ccc3c(n2)NCCC3)C1.CC(=O)C(c1cccc(F)c1CO[C@@H]1CCOC1)N1CC[C@@H](OCCCCc2ccc3c(n2)NCCC3)C1.CC(=O)[C@@H](c1cc(F)ccc1COC(C)C)N1CC[C@@H](OCCCCc2ccc3c(n2)NC(C)CC3)C1. The topological polar surface area (TPSA) is 270 Å². The molecule has 12 atom stereocenters. The third kappa shape index (κ3) is 33.7. The van der Waals surface area contributed by atoms with Crippen molar-refractivity contribution in [1.82, 2.24) is 39.5 Å². The number of pyridine rings is 4. The van der Waals surface area contributed by atoms with Crippen LogP contribution in [0.15, 0.2) is 158 Å². The molecule has 0 saturated carbocycles. The van der Waals surface area contributed by atoms with E-state index in [9.17, 15) is 28.6 Å². The van der Waals surface area contributed by atoms with Crippen molar-refractivity contribution in [3.8, 4) is 0 Å². The van der Waals surface area contributed by atoms with Gasteiger partial charge in [0.1, 0.15) is 46.4 Å². The highest BCUT2D eigenvalue weighted by atomic mass is 19.1. The number of hydrogen-bond acceptors (Lipinski definition) is 25. The van der Waals surface area contributed by atoms with Crippen molar-refractivity contribution in [2.75, 3.05) is 133 Å². The minimum Gasteiger partial charge on any atom is -0.511 e. The molecule has 9 aliphatic rings. The van der Waals surface area contributed by atoms with Crippen molar-refractivity contribution in [3.05, 3.63) is 259 Å². The largest absolute Gasteiger partial charge is 0.511 e. The highest BCUT2D eigenvalue weighted by Crippen LogP contribution is 2.41. The molecule has 0 radical (unpaired) electrons. The van der Waals surface area contributed by atoms with Crippen LogP contribution < -0.4 is 21.3 Å². The molecule has 8 aromatic rings. The zero-order chi connectivity index (χ0) is 104. The van der Waals surface area contributed by atoms with Crippen molar-refractivity contribution in [2.45, 2.75) is 341 Å². The number of aromatic nitrogens is 4. The maximum Gasteiger partial charge on any atom is 0.151 e. The number of hydrogen-bond donors (Lipinski definition) is 6. The number of ketones is 2. The second-order valence-electron chi connectivity index (χ2n) is 42.4. The summed E-state index contributed by atoms with van der Waals surface area (Å²) in [5, 5.41) is 34.9. The van der Waals surface area contributed by atoms with Gasteiger partial charge in [-0.15, -0.1) is 0 Å². The van der Waals surface area contributed by atoms with Gasteiger partial charge in [-0.05, 0) is 340 Å². The van der Waals surface area contributed by atoms with Gasteiger partial charge >= 0.3 is 0 Å². The number of likely N-dealkylation sites (tertiary alicyclic amines) is 4. The van der Waals surface area contributed by atoms with E-state index in [2.05, 4.69) is 148 Å². The third-order valence-electron chi connectivity index (χ3n) is 29.6. The zero-order valence-corrected chi connectivity index (χ0v) is 89.6. The van der Waals surface area contributed by atoms with Gasteiger partial charge in [0.25, 0.3) is 0 Å². The predicted molar refractivity (Wildman–Crippen MR) is 579 cm³/mol. The van der Waals surface area contributed by atoms with Crippen LogP contribution in [0.5, 0.6) is 0 Å². The summed E-state index contributed by atoms with van der Waals surface area (Å²) in [6.45, 7) is 43.3. The Kier molecular flexibility index (Phi) is 44.3. The Balaban J connectivity index is 0.000000155. The second-order valence-corrected chi connectivity index (χ2v) is 42.4. The van der Waals surface area contributed by atoms with E-state index in [0.717, 1.165) is 287 Å². The standard InChI is InChI=1S/C30H40FN3O4.C30H42FN3O3.2C30H43N3O3/c1-21(35)29(26-8-4-9-28(31)27(26)20-38-25-13-17-36-19-25)34-15-12-24(18-34)37-16-3-2-7-23-11-10-22-6-5-14-32-30(22)33-23;1-20(2)37-19-24-10-12-25(31)17-28(24)29(22(4)35)34-15-14-27(18-34)36-16-6-5-7-26-13-11-23-9-8-21(3)32-30(23)33-26;2*1-21(2)36-23(4)27-12-5-6-13-28(27)29(22(3)34)33-18-16-26(20-33)35-19-8-7-11-25-15-14-24-10-9-17-31-30(24)32-25/h4,8-11,24-25,29H,2-3,5-7,12-20H2,1H3,(H,32,33);10-13,17,20-21,27,29H,5-9,14-16,18-19H2,1-4H3,(H,32,33);2*5-6,12-15,21,23,26,29,34H,3,7-11,16-20H2,1-2,4H3,(H,31,32)/t24-,25-,29?;21?,27-,29+;23-,26-,29+;23-,26-,29-/m1111/s1. The fourth-order valence-electron chi connectivity index (χ4n) is 22.1. The Morgan fingerprint density at radius 1 is 0.422 bits per heavy atom. The van der Waals surface area contributed by atoms with Crippen LogP contribution in [0.1, 0.15) is 311 Å². The lowest BCUT2D eigenvalue weighted by atomic mass is 9.95. The molecule has 6 N–H and O–H groups in total. The maximum atomic E-state index is 14.9. The number of aliphatic hydroxyl groups is 2. The van der Waals surface area contributed by atoms with Crippen LogP contribution in [0, 0.1) is 11.6 Å². The Labute approximate surface area is 874 Å². The molecule has 25 nitrogen and oxygen atoms in total. The van der Waals surface area contributed by atoms with Gasteiger partial charge in [0.15, 0.2) is 11.6 Å². The van der Waals surface area contributed by atoms with E-state index < -0.39 is 12.1 Å². The second kappa shape index (κ2) is 57.6. The van der Waals surface area contributed by atoms with E-state index in [0.29, 0.717) is 68.9 Å². The normalized spacial score (nSPS) is 20.5. The van der Waals surface area contributed by atoms with Crippen LogP contribution in [0.2, 0.25) is 0 Å². The molecule has 0 aliphatic carbocycles. The molecule has 4 aromatic heterocycles. The van der Waals surface area contributed by atoms with Crippen molar-refractivity contribution >= 4 is 34.8 Å². The lowest BCUT2D eigenvalue weighted by molar-refractivity contribution is -0.123. The highest BCUT2D eigenvalue weighted by molar-refractivity contribution is 5.84. The molecule has 27 heteroatoms. The number of unbranched alkanes of at least 4 members (excludes halogenated alkanes) is 4. The number of aliphatic hydroxyl groups excluding tert-OH is 2. The van der Waals surface area contributed by atoms with Crippen molar-refractivity contribution in [3.63, 3.8) is 0 Å². The van der Waals surface area contributed by atoms with Gasteiger partial charge in [-0.3, -0.25) is 29.2 Å². The number of rotatable bonds is 48. The third-order valence-corrected chi connectivity index (χ3v) is 29.6. The summed E-state index contributed by atoms with van der Waals surface area (Å²) in [5.74, 6) is 3.96. The minimum absolute atomic E-state index is 0.00809. The molecule has 800 valence electrons. The number of carbonyl (C=O) groups is 2. The first-order valence-electron chi connectivity index (χ1n) is 55.2. The van der Waals surface area contributed by atoms with Crippen LogP contribution in [0.4, 0.5) is 32.1 Å². The van der Waals surface area contributed by atoms with Crippen LogP contribution in [-0.4, -0.2) is 228 Å². The van der Waals surface area contributed by atoms with E-state index in [1.807, 2.05) is 71.9 Å². The predicted octanol–water partition coefficient (Wildman–Crippen LogP) is 22.6. The molecule has 5 saturated heterocycles. The van der Waals surface area contributed by atoms with Gasteiger partial charge in [-0.1, -0.05) is 104 Å². The summed E-state index contributed by atoms with van der Waals surface area (Å²) < 4.78 is 83.2. The monoisotopic (exact) mass is 2020 g/mol. The van der Waals surface area contributed by atoms with Gasteiger partial charge in [0, 0.05) is 139 Å². The number of nitrogens with zero attached hydrogens (tertiary/aromatic N) is 8. The number of benzene rings is 4. The van der Waals surface area contributed by atoms with Crippen LogP contribution in [0.25, 0.3) is 0 Å². The number of nitrogens with one attached hydrogen (secondary N) is 4. The van der Waals surface area contributed by atoms with E-state index in [-0.39, 0.29) is 114 Å². The van der Waals surface area contributed by atoms with E-state index in [4.69, 9.17) is 62.6 Å². The molecule has 4 aromatic carbocycles. The molecule has 5 fully saturated rings. The van der Waals surface area contributed by atoms with Gasteiger partial charge in [0.2, 0.25) is 0 Å². The number of fused-ring (bicyclic) bond motifs is 4. The van der Waals surface area contributed by atoms with Crippen LogP contribution >= 0.6 is 0 Å². The summed E-state index contributed by atoms with van der Waals surface area (Å²) in [4.78, 5) is 53.6. The average Bonchev–Trinajstić information content (AvgIpc) is 1.75. The summed E-state index contributed by atoms with van der Waals surface area (Å²) in [6.07, 6.45) is 26.3. The number of carbonyl (C=O) groups excluding carboxylic acids is 2. The zero-order valence-electron chi connectivity index (χ0n) is 89.6. The number of Topliss-reactive ketones (excluding diaryl/α,β-unsaturated/α-hetero) is 2. The van der Waals surface area contributed by atoms with E-state index >= 15 is 0 Å². The first-order valence-corrected chi connectivity index (χ1v) is 55.2. The summed E-state index contributed by atoms with van der Waals surface area (Å²) >= 11 is 0. The molecule has 9 aliphatic heterocycles.